The number of carbonyl (C=O) groups is 1. The van der Waals surface area contributed by atoms with Crippen LogP contribution in [0.3, 0.4) is 0 Å². The molecule has 1 aliphatic rings. The van der Waals surface area contributed by atoms with E-state index in [-0.39, 0.29) is 18.3 Å². The summed E-state index contributed by atoms with van der Waals surface area (Å²) in [5, 5.41) is 6.61. The first-order valence-electron chi connectivity index (χ1n) is 9.12. The van der Waals surface area contributed by atoms with Crippen LogP contribution in [0.15, 0.2) is 18.2 Å². The van der Waals surface area contributed by atoms with Gasteiger partial charge in [0.2, 0.25) is 5.91 Å². The molecule has 1 aromatic rings. The first-order chi connectivity index (χ1) is 11.0. The van der Waals surface area contributed by atoms with E-state index < -0.39 is 0 Å². The summed E-state index contributed by atoms with van der Waals surface area (Å²) in [5.41, 5.74) is 3.53. The van der Waals surface area contributed by atoms with Crippen molar-refractivity contribution in [1.82, 2.24) is 5.32 Å². The average molecular weight is 353 g/mol. The molecule has 0 bridgehead atoms. The first kappa shape index (κ1) is 21.0. The Bertz CT molecular complexity index is 496. The molecule has 0 aliphatic carbocycles. The van der Waals surface area contributed by atoms with Crippen LogP contribution in [0.25, 0.3) is 0 Å². The zero-order valence-corrected chi connectivity index (χ0v) is 16.3. The summed E-state index contributed by atoms with van der Waals surface area (Å²) in [5.74, 6) is 1.69. The van der Waals surface area contributed by atoms with Crippen molar-refractivity contribution in [2.75, 3.05) is 18.4 Å². The second-order valence-corrected chi connectivity index (χ2v) is 7.40. The molecular formula is C20H33ClN2O. The summed E-state index contributed by atoms with van der Waals surface area (Å²) in [7, 11) is 0. The Morgan fingerprint density at radius 2 is 1.67 bits per heavy atom. The Kier molecular flexibility index (Phi) is 8.79. The summed E-state index contributed by atoms with van der Waals surface area (Å²) >= 11 is 0. The summed E-state index contributed by atoms with van der Waals surface area (Å²) in [6.07, 6.45) is 4.04. The second-order valence-electron chi connectivity index (χ2n) is 7.40. The predicted octanol–water partition coefficient (Wildman–Crippen LogP) is 5.07. The molecule has 0 unspecified atom stereocenters. The molecule has 0 atom stereocenters. The third-order valence-corrected chi connectivity index (χ3v) is 4.88. The Balaban J connectivity index is 0.00000288. The van der Waals surface area contributed by atoms with Crippen LogP contribution in [0, 0.1) is 5.92 Å². The number of rotatable bonds is 6. The van der Waals surface area contributed by atoms with E-state index in [0.717, 1.165) is 25.2 Å². The quantitative estimate of drug-likeness (QED) is 0.750. The predicted molar refractivity (Wildman–Crippen MR) is 105 cm³/mol. The number of amides is 1. The lowest BCUT2D eigenvalue weighted by atomic mass is 9.91. The summed E-state index contributed by atoms with van der Waals surface area (Å²) in [6.45, 7) is 10.9. The van der Waals surface area contributed by atoms with E-state index in [9.17, 15) is 4.79 Å². The maximum Gasteiger partial charge on any atom is 0.224 e. The molecule has 3 nitrogen and oxygen atoms in total. The maximum atomic E-state index is 12.5. The third-order valence-electron chi connectivity index (χ3n) is 4.88. The van der Waals surface area contributed by atoms with E-state index in [4.69, 9.17) is 0 Å². The Morgan fingerprint density at radius 3 is 2.17 bits per heavy atom. The highest BCUT2D eigenvalue weighted by Crippen LogP contribution is 2.32. The van der Waals surface area contributed by atoms with Gasteiger partial charge in [0.1, 0.15) is 0 Å². The van der Waals surface area contributed by atoms with Gasteiger partial charge in [0.05, 0.1) is 0 Å². The molecule has 0 aromatic heterocycles. The Morgan fingerprint density at radius 1 is 1.12 bits per heavy atom. The molecule has 2 rings (SSSR count). The van der Waals surface area contributed by atoms with Crippen LogP contribution >= 0.6 is 12.4 Å². The zero-order chi connectivity index (χ0) is 16.8. The number of para-hydroxylation sites is 1. The lowest BCUT2D eigenvalue weighted by molar-refractivity contribution is -0.116. The minimum Gasteiger partial charge on any atom is -0.326 e. The van der Waals surface area contributed by atoms with Crippen molar-refractivity contribution in [1.29, 1.82) is 0 Å². The minimum atomic E-state index is 0. The number of hydrogen-bond acceptors (Lipinski definition) is 2. The molecule has 2 N–H and O–H groups in total. The molecule has 1 saturated heterocycles. The van der Waals surface area contributed by atoms with E-state index >= 15 is 0 Å². The van der Waals surface area contributed by atoms with Crippen LogP contribution < -0.4 is 10.6 Å². The number of nitrogens with one attached hydrogen (secondary N) is 2. The molecule has 0 spiro atoms. The van der Waals surface area contributed by atoms with Gasteiger partial charge in [-0.2, -0.15) is 0 Å². The van der Waals surface area contributed by atoms with Gasteiger partial charge in [0, 0.05) is 12.1 Å². The molecule has 24 heavy (non-hydrogen) atoms. The van der Waals surface area contributed by atoms with Crippen LogP contribution in [0.2, 0.25) is 0 Å². The second kappa shape index (κ2) is 10.0. The Hall–Kier alpha value is -1.06. The van der Waals surface area contributed by atoms with Crippen LogP contribution in [-0.4, -0.2) is 19.0 Å². The third kappa shape index (κ3) is 5.78. The fraction of sp³-hybridized carbons (Fsp3) is 0.650. The molecular weight excluding hydrogens is 320 g/mol. The molecule has 4 heteroatoms. The van der Waals surface area contributed by atoms with E-state index in [2.05, 4.69) is 56.5 Å². The van der Waals surface area contributed by atoms with E-state index in [0.29, 0.717) is 24.2 Å². The molecule has 0 radical (unpaired) electrons. The lowest BCUT2D eigenvalue weighted by Crippen LogP contribution is -2.28. The van der Waals surface area contributed by atoms with Crippen molar-refractivity contribution >= 4 is 24.0 Å². The van der Waals surface area contributed by atoms with Gasteiger partial charge in [0.15, 0.2) is 0 Å². The Labute approximate surface area is 153 Å². The number of halogens is 1. The molecule has 1 amide bonds. The van der Waals surface area contributed by atoms with Crippen LogP contribution in [0.5, 0.6) is 0 Å². The number of anilines is 1. The molecule has 0 saturated carbocycles. The van der Waals surface area contributed by atoms with Crippen molar-refractivity contribution < 1.29 is 4.79 Å². The fourth-order valence-electron chi connectivity index (χ4n) is 3.40. The highest BCUT2D eigenvalue weighted by Gasteiger charge is 2.18. The van der Waals surface area contributed by atoms with Gasteiger partial charge in [-0.3, -0.25) is 4.79 Å². The number of hydrogen-bond donors (Lipinski definition) is 2. The van der Waals surface area contributed by atoms with Crippen molar-refractivity contribution in [2.45, 2.75) is 65.2 Å². The van der Waals surface area contributed by atoms with Gasteiger partial charge in [-0.1, -0.05) is 45.9 Å². The smallest absolute Gasteiger partial charge is 0.224 e. The van der Waals surface area contributed by atoms with E-state index in [1.165, 1.54) is 24.0 Å². The lowest BCUT2D eigenvalue weighted by Gasteiger charge is -2.23. The molecule has 136 valence electrons. The molecule has 1 aromatic carbocycles. The van der Waals surface area contributed by atoms with Crippen LogP contribution in [0.4, 0.5) is 5.69 Å². The average Bonchev–Trinajstić information content (AvgIpc) is 2.53. The standard InChI is InChI=1S/C20H32N2O.ClH/c1-14(2)17-6-5-7-18(15(3)4)20(17)22-19(23)9-8-16-10-12-21-13-11-16;/h5-7,14-16,21H,8-13H2,1-4H3,(H,22,23);1H. The summed E-state index contributed by atoms with van der Waals surface area (Å²) in [4.78, 5) is 12.5. The van der Waals surface area contributed by atoms with E-state index in [1.807, 2.05) is 0 Å². The van der Waals surface area contributed by atoms with Crippen molar-refractivity contribution in [3.05, 3.63) is 29.3 Å². The highest BCUT2D eigenvalue weighted by atomic mass is 35.5. The zero-order valence-electron chi connectivity index (χ0n) is 15.5. The highest BCUT2D eigenvalue weighted by molar-refractivity contribution is 5.92. The molecule has 1 fully saturated rings. The van der Waals surface area contributed by atoms with Gasteiger partial charge in [-0.05, 0) is 61.2 Å². The largest absolute Gasteiger partial charge is 0.326 e. The van der Waals surface area contributed by atoms with Gasteiger partial charge >= 0.3 is 0 Å². The van der Waals surface area contributed by atoms with Crippen LogP contribution in [-0.2, 0) is 4.79 Å². The molecule has 1 heterocycles. The minimum absolute atomic E-state index is 0. The van der Waals surface area contributed by atoms with Gasteiger partial charge in [-0.25, -0.2) is 0 Å². The normalized spacial score (nSPS) is 15.4. The van der Waals surface area contributed by atoms with Gasteiger partial charge < -0.3 is 10.6 Å². The van der Waals surface area contributed by atoms with E-state index in [1.54, 1.807) is 0 Å². The monoisotopic (exact) mass is 352 g/mol. The van der Waals surface area contributed by atoms with Crippen molar-refractivity contribution in [3.63, 3.8) is 0 Å². The summed E-state index contributed by atoms with van der Waals surface area (Å²) in [6, 6.07) is 6.38. The number of piperidine rings is 1. The SMILES string of the molecule is CC(C)c1cccc(C(C)C)c1NC(=O)CCC1CCNCC1.Cl. The number of carbonyl (C=O) groups excluding carboxylic acids is 1. The van der Waals surface area contributed by atoms with Crippen molar-refractivity contribution in [3.8, 4) is 0 Å². The molecule has 1 aliphatic heterocycles. The maximum absolute atomic E-state index is 12.5. The van der Waals surface area contributed by atoms with Gasteiger partial charge in [-0.15, -0.1) is 12.4 Å². The number of benzene rings is 1. The summed E-state index contributed by atoms with van der Waals surface area (Å²) < 4.78 is 0. The van der Waals surface area contributed by atoms with Crippen molar-refractivity contribution in [2.24, 2.45) is 5.92 Å². The first-order valence-corrected chi connectivity index (χ1v) is 9.12. The van der Waals surface area contributed by atoms with Gasteiger partial charge in [0.25, 0.3) is 0 Å². The topological polar surface area (TPSA) is 41.1 Å². The fourth-order valence-corrected chi connectivity index (χ4v) is 3.40. The van der Waals surface area contributed by atoms with Crippen LogP contribution in [0.1, 0.15) is 76.3 Å².